The normalized spacial score (nSPS) is 13.3. The molecule has 162 valence electrons. The van der Waals surface area contributed by atoms with Gasteiger partial charge in [0.2, 0.25) is 5.95 Å². The summed E-state index contributed by atoms with van der Waals surface area (Å²) in [5.74, 6) is 1.31. The summed E-state index contributed by atoms with van der Waals surface area (Å²) in [7, 11) is 0. The number of anilines is 4. The molecular formula is C22H21ClN8O. The van der Waals surface area contributed by atoms with E-state index in [1.54, 1.807) is 16.5 Å². The highest BCUT2D eigenvalue weighted by atomic mass is 35.5. The fourth-order valence-electron chi connectivity index (χ4n) is 3.95. The van der Waals surface area contributed by atoms with Gasteiger partial charge in [0.25, 0.3) is 5.56 Å². The lowest BCUT2D eigenvalue weighted by Crippen LogP contribution is -2.24. The second-order valence-electron chi connectivity index (χ2n) is 7.60. The maximum Gasteiger partial charge on any atom is 0.266 e. The molecule has 0 fully saturated rings. The zero-order valence-corrected chi connectivity index (χ0v) is 18.2. The van der Waals surface area contributed by atoms with Gasteiger partial charge in [-0.15, -0.1) is 0 Å². The zero-order chi connectivity index (χ0) is 22.4. The minimum absolute atomic E-state index is 0.145. The summed E-state index contributed by atoms with van der Waals surface area (Å²) >= 11 is 6.25. The zero-order valence-electron chi connectivity index (χ0n) is 17.5. The molecule has 4 heterocycles. The van der Waals surface area contributed by atoms with Gasteiger partial charge in [0, 0.05) is 10.7 Å². The Kier molecular flexibility index (Phi) is 4.82. The van der Waals surface area contributed by atoms with E-state index in [1.807, 2.05) is 44.2 Å². The predicted molar refractivity (Wildman–Crippen MR) is 127 cm³/mol. The van der Waals surface area contributed by atoms with E-state index in [1.165, 1.54) is 0 Å². The summed E-state index contributed by atoms with van der Waals surface area (Å²) in [6, 6.07) is 12.4. The molecule has 1 aliphatic rings. The van der Waals surface area contributed by atoms with E-state index < -0.39 is 0 Å². The maximum absolute atomic E-state index is 13.7. The predicted octanol–water partition coefficient (Wildman–Crippen LogP) is 3.66. The van der Waals surface area contributed by atoms with Gasteiger partial charge >= 0.3 is 0 Å². The number of hydrogen-bond donors (Lipinski definition) is 4. The molecule has 5 rings (SSSR count). The van der Waals surface area contributed by atoms with Crippen molar-refractivity contribution in [1.29, 1.82) is 0 Å². The smallest absolute Gasteiger partial charge is 0.266 e. The van der Waals surface area contributed by atoms with E-state index in [2.05, 4.69) is 25.9 Å². The van der Waals surface area contributed by atoms with Crippen LogP contribution < -0.4 is 27.2 Å². The van der Waals surface area contributed by atoms with Crippen LogP contribution in [0.15, 0.2) is 47.3 Å². The van der Waals surface area contributed by atoms with E-state index in [0.717, 1.165) is 11.4 Å². The molecule has 3 aromatic heterocycles. The number of rotatable bonds is 4. The number of nitrogen functional groups attached to an aromatic ring is 1. The highest BCUT2D eigenvalue weighted by Crippen LogP contribution is 2.35. The Morgan fingerprint density at radius 3 is 2.78 bits per heavy atom. The number of halogens is 1. The van der Waals surface area contributed by atoms with Crippen LogP contribution in [0.5, 0.6) is 0 Å². The topological polar surface area (TPSA) is 122 Å². The molecule has 0 saturated carbocycles. The molecule has 0 radical (unpaired) electrons. The summed E-state index contributed by atoms with van der Waals surface area (Å²) in [4.78, 5) is 27.1. The summed E-state index contributed by atoms with van der Waals surface area (Å²) < 4.78 is 1.61. The van der Waals surface area contributed by atoms with Gasteiger partial charge < -0.3 is 21.7 Å². The number of aryl methyl sites for hydroxylation is 1. The minimum atomic E-state index is -0.372. The lowest BCUT2D eigenvalue weighted by Gasteiger charge is -2.20. The number of fused-ring (bicyclic) bond motifs is 2. The Hall–Kier alpha value is -3.85. The Morgan fingerprint density at radius 2 is 1.97 bits per heavy atom. The second-order valence-corrected chi connectivity index (χ2v) is 8.04. The van der Waals surface area contributed by atoms with Crippen LogP contribution in [-0.4, -0.2) is 26.0 Å². The first-order chi connectivity index (χ1) is 15.4. The molecule has 10 heteroatoms. The van der Waals surface area contributed by atoms with Gasteiger partial charge in [-0.05, 0) is 43.7 Å². The number of nitrogens with two attached hydrogens (primary N) is 1. The van der Waals surface area contributed by atoms with Crippen LogP contribution in [0.2, 0.25) is 5.02 Å². The van der Waals surface area contributed by atoms with E-state index in [4.69, 9.17) is 22.3 Å². The van der Waals surface area contributed by atoms with Crippen molar-refractivity contribution in [1.82, 2.24) is 19.4 Å². The van der Waals surface area contributed by atoms with Gasteiger partial charge in [-0.3, -0.25) is 9.20 Å². The summed E-state index contributed by atoms with van der Waals surface area (Å²) in [5, 5.41) is 10.2. The third-order valence-corrected chi connectivity index (χ3v) is 5.63. The number of benzene rings is 1. The molecule has 9 nitrogen and oxygen atoms in total. The molecule has 5 N–H and O–H groups in total. The second kappa shape index (κ2) is 7.69. The van der Waals surface area contributed by atoms with Crippen LogP contribution >= 0.6 is 11.6 Å². The molecule has 0 spiro atoms. The molecule has 1 atom stereocenters. The van der Waals surface area contributed by atoms with Gasteiger partial charge in [-0.25, -0.2) is 4.98 Å². The number of nitrogens with one attached hydrogen (secondary N) is 3. The number of hydrogen-bond acceptors (Lipinski definition) is 8. The van der Waals surface area contributed by atoms with Crippen molar-refractivity contribution in [2.24, 2.45) is 0 Å². The highest BCUT2D eigenvalue weighted by Gasteiger charge is 2.24. The van der Waals surface area contributed by atoms with Crippen molar-refractivity contribution in [2.75, 3.05) is 28.4 Å². The van der Waals surface area contributed by atoms with Crippen LogP contribution in [0.4, 0.5) is 23.3 Å². The lowest BCUT2D eigenvalue weighted by atomic mass is 10.0. The van der Waals surface area contributed by atoms with Crippen molar-refractivity contribution in [3.63, 3.8) is 0 Å². The maximum atomic E-state index is 13.7. The van der Waals surface area contributed by atoms with Crippen molar-refractivity contribution in [3.8, 4) is 11.1 Å². The number of aromatic nitrogens is 4. The fourth-order valence-corrected chi connectivity index (χ4v) is 4.14. The monoisotopic (exact) mass is 448 g/mol. The third-order valence-electron chi connectivity index (χ3n) is 5.40. The molecule has 0 saturated heterocycles. The van der Waals surface area contributed by atoms with Crippen molar-refractivity contribution in [2.45, 2.75) is 19.9 Å². The Labute approximate surface area is 188 Å². The van der Waals surface area contributed by atoms with Crippen LogP contribution in [0, 0.1) is 6.92 Å². The standard InChI is InChI=1S/C22H21ClN8O/c1-11-5-3-8-15-28-17(16(21(32)31(11)15)13-6-4-7-14(23)9-13)12(2)27-20-18-19(26-10-25-18)29-22(24)30-20/h3-9,12,25H,10H2,1-2H3,(H4,24,26,27,29,30). The van der Waals surface area contributed by atoms with Gasteiger partial charge in [-0.1, -0.05) is 29.8 Å². The molecule has 0 aliphatic carbocycles. The summed E-state index contributed by atoms with van der Waals surface area (Å²) in [6.07, 6.45) is 0. The van der Waals surface area contributed by atoms with Gasteiger partial charge in [-0.2, -0.15) is 9.97 Å². The highest BCUT2D eigenvalue weighted by molar-refractivity contribution is 6.30. The Morgan fingerprint density at radius 1 is 1.16 bits per heavy atom. The average Bonchev–Trinajstić information content (AvgIpc) is 3.22. The first-order valence-corrected chi connectivity index (χ1v) is 10.5. The molecule has 32 heavy (non-hydrogen) atoms. The third kappa shape index (κ3) is 3.36. The van der Waals surface area contributed by atoms with Crippen molar-refractivity contribution >= 4 is 40.5 Å². The first kappa shape index (κ1) is 20.1. The summed E-state index contributed by atoms with van der Waals surface area (Å²) in [5.41, 5.74) is 9.57. The van der Waals surface area contributed by atoms with E-state index in [-0.39, 0.29) is 17.5 Å². The minimum Gasteiger partial charge on any atom is -0.368 e. The largest absolute Gasteiger partial charge is 0.368 e. The average molecular weight is 449 g/mol. The Balaban J connectivity index is 1.70. The summed E-state index contributed by atoms with van der Waals surface area (Å²) in [6.45, 7) is 4.33. The van der Waals surface area contributed by atoms with Crippen LogP contribution in [0.3, 0.4) is 0 Å². The van der Waals surface area contributed by atoms with Crippen molar-refractivity contribution in [3.05, 3.63) is 69.2 Å². The quantitative estimate of drug-likeness (QED) is 0.373. The van der Waals surface area contributed by atoms with Gasteiger partial charge in [0.15, 0.2) is 11.6 Å². The fraction of sp³-hybridized carbons (Fsp3) is 0.182. The first-order valence-electron chi connectivity index (χ1n) is 10.1. The molecule has 4 aromatic rings. The van der Waals surface area contributed by atoms with E-state index >= 15 is 0 Å². The molecule has 1 aliphatic heterocycles. The van der Waals surface area contributed by atoms with Crippen LogP contribution in [0.1, 0.15) is 24.4 Å². The van der Waals surface area contributed by atoms with E-state index in [9.17, 15) is 4.79 Å². The molecule has 0 bridgehead atoms. The van der Waals surface area contributed by atoms with Crippen LogP contribution in [-0.2, 0) is 0 Å². The van der Waals surface area contributed by atoms with E-state index in [0.29, 0.717) is 45.8 Å². The molecule has 0 amide bonds. The van der Waals surface area contributed by atoms with Crippen LogP contribution in [0.25, 0.3) is 16.8 Å². The number of nitrogens with zero attached hydrogens (tertiary/aromatic N) is 4. The van der Waals surface area contributed by atoms with Crippen molar-refractivity contribution < 1.29 is 0 Å². The molecule has 1 unspecified atom stereocenters. The number of pyridine rings is 1. The van der Waals surface area contributed by atoms with Gasteiger partial charge in [0.1, 0.15) is 11.3 Å². The SMILES string of the molecule is Cc1cccc2nc(C(C)Nc3nc(N)nc4c3NCN4)c(-c3cccc(Cl)c3)c(=O)n12. The Bertz CT molecular complexity index is 1420. The lowest BCUT2D eigenvalue weighted by molar-refractivity contribution is 0.821. The molecular weight excluding hydrogens is 428 g/mol. The van der Waals surface area contributed by atoms with Gasteiger partial charge in [0.05, 0.1) is 24.0 Å². The molecule has 1 aromatic carbocycles.